The molecule has 0 aromatic heterocycles. The third kappa shape index (κ3) is 2.70. The first-order valence-corrected chi connectivity index (χ1v) is 9.62. The van der Waals surface area contributed by atoms with E-state index in [4.69, 9.17) is 18.4 Å². The molecule has 0 amide bonds. The lowest BCUT2D eigenvalue weighted by Gasteiger charge is -2.58. The van der Waals surface area contributed by atoms with E-state index in [0.29, 0.717) is 13.2 Å². The summed E-state index contributed by atoms with van der Waals surface area (Å²) in [4.78, 5) is 0. The van der Waals surface area contributed by atoms with E-state index in [1.165, 1.54) is 0 Å². The van der Waals surface area contributed by atoms with Gasteiger partial charge in [-0.15, -0.1) is 0 Å². The number of rotatable bonds is 4. The Kier molecular flexibility index (Phi) is 3.55. The fourth-order valence-electron chi connectivity index (χ4n) is 3.76. The predicted octanol–water partition coefficient (Wildman–Crippen LogP) is 1.68. The molecule has 4 fully saturated rings. The van der Waals surface area contributed by atoms with E-state index in [9.17, 15) is 8.42 Å². The number of ether oxygens (including phenoxy) is 3. The molecule has 126 valence electrons. The average molecular weight is 340 g/mol. The molecular weight excluding hydrogens is 320 g/mol. The van der Waals surface area contributed by atoms with Crippen molar-refractivity contribution in [2.24, 2.45) is 0 Å². The summed E-state index contributed by atoms with van der Waals surface area (Å²) in [6, 6.07) is 7.76. The second kappa shape index (κ2) is 5.26. The van der Waals surface area contributed by atoms with Gasteiger partial charge in [0.05, 0.1) is 31.7 Å². The molecule has 3 heterocycles. The maximum atomic E-state index is 11.1. The first kappa shape index (κ1) is 15.5. The molecule has 4 aliphatic rings. The zero-order valence-electron chi connectivity index (χ0n) is 13.0. The van der Waals surface area contributed by atoms with Crippen molar-refractivity contribution in [2.75, 3.05) is 19.5 Å². The molecule has 23 heavy (non-hydrogen) atoms. The minimum Gasteiger partial charge on any atom is -0.361 e. The average Bonchev–Trinajstić information content (AvgIpc) is 2.93. The summed E-state index contributed by atoms with van der Waals surface area (Å²) in [6.07, 6.45) is 3.55. The van der Waals surface area contributed by atoms with Crippen molar-refractivity contribution >= 4 is 10.1 Å². The van der Waals surface area contributed by atoms with E-state index < -0.39 is 15.9 Å². The van der Waals surface area contributed by atoms with Crippen molar-refractivity contribution in [1.29, 1.82) is 0 Å². The second-order valence-electron chi connectivity index (χ2n) is 6.48. The lowest BCUT2D eigenvalue weighted by Crippen LogP contribution is -2.64. The van der Waals surface area contributed by atoms with Gasteiger partial charge >= 0.3 is 0 Å². The molecule has 0 radical (unpaired) electrons. The highest BCUT2D eigenvalue weighted by atomic mass is 32.2. The molecule has 7 heteroatoms. The van der Waals surface area contributed by atoms with Crippen molar-refractivity contribution in [3.8, 4) is 0 Å². The van der Waals surface area contributed by atoms with Gasteiger partial charge in [-0.05, 0) is 17.5 Å². The van der Waals surface area contributed by atoms with Gasteiger partial charge in [0.15, 0.2) is 5.79 Å². The van der Waals surface area contributed by atoms with Crippen LogP contribution in [0, 0.1) is 0 Å². The summed E-state index contributed by atoms with van der Waals surface area (Å²) in [5.41, 5.74) is 1.59. The highest BCUT2D eigenvalue weighted by Gasteiger charge is 2.63. The van der Waals surface area contributed by atoms with Crippen LogP contribution in [-0.2, 0) is 40.7 Å². The van der Waals surface area contributed by atoms with Crippen LogP contribution < -0.4 is 0 Å². The van der Waals surface area contributed by atoms with Crippen molar-refractivity contribution < 1.29 is 26.8 Å². The SMILES string of the molecule is CS(=O)(=O)OCc1cccc(C23CCC4(OCCO4)C(C2)O3)c1. The zero-order chi connectivity index (χ0) is 16.1. The lowest BCUT2D eigenvalue weighted by molar-refractivity contribution is -0.369. The van der Waals surface area contributed by atoms with Crippen molar-refractivity contribution in [3.63, 3.8) is 0 Å². The molecule has 3 aliphatic heterocycles. The van der Waals surface area contributed by atoms with E-state index in [1.807, 2.05) is 24.3 Å². The van der Waals surface area contributed by atoms with E-state index in [-0.39, 0.29) is 18.3 Å². The summed E-state index contributed by atoms with van der Waals surface area (Å²) in [7, 11) is -3.44. The molecule has 1 aromatic carbocycles. The number of fused-ring (bicyclic) bond motifs is 1. The number of benzene rings is 1. The molecule has 1 spiro atoms. The van der Waals surface area contributed by atoms with Gasteiger partial charge in [-0.25, -0.2) is 0 Å². The fraction of sp³-hybridized carbons (Fsp3) is 0.625. The Balaban J connectivity index is 1.50. The Labute approximate surface area is 135 Å². The van der Waals surface area contributed by atoms with Gasteiger partial charge in [0.2, 0.25) is 0 Å². The second-order valence-corrected chi connectivity index (χ2v) is 8.12. The summed E-state index contributed by atoms with van der Waals surface area (Å²) < 4.78 is 44.9. The first-order valence-electron chi connectivity index (χ1n) is 7.80. The summed E-state index contributed by atoms with van der Waals surface area (Å²) >= 11 is 0. The van der Waals surface area contributed by atoms with Gasteiger partial charge in [-0.3, -0.25) is 4.18 Å². The molecule has 6 nitrogen and oxygen atoms in total. The number of hydrogen-bond donors (Lipinski definition) is 0. The van der Waals surface area contributed by atoms with Gasteiger partial charge < -0.3 is 14.2 Å². The van der Waals surface area contributed by atoms with Crippen LogP contribution in [-0.4, -0.2) is 39.8 Å². The van der Waals surface area contributed by atoms with Crippen LogP contribution >= 0.6 is 0 Å². The maximum Gasteiger partial charge on any atom is 0.264 e. The third-order valence-corrected chi connectivity index (χ3v) is 5.47. The highest BCUT2D eigenvalue weighted by molar-refractivity contribution is 7.85. The molecule has 5 rings (SSSR count). The van der Waals surface area contributed by atoms with Crippen LogP contribution in [0.15, 0.2) is 24.3 Å². The molecule has 2 bridgehead atoms. The Morgan fingerprint density at radius 1 is 1.26 bits per heavy atom. The standard InChI is InChI=1S/C16H20O6S/c1-23(17,18)21-11-12-3-2-4-13(9-12)15-5-6-16(14(10-15)22-15)19-7-8-20-16/h2-4,9,14H,5-8,10-11H2,1H3. The van der Waals surface area contributed by atoms with Gasteiger partial charge in [0.1, 0.15) is 6.10 Å². The van der Waals surface area contributed by atoms with Crippen LogP contribution in [0.2, 0.25) is 0 Å². The van der Waals surface area contributed by atoms with E-state index in [0.717, 1.165) is 36.6 Å². The minimum atomic E-state index is -3.44. The van der Waals surface area contributed by atoms with Crippen molar-refractivity contribution in [2.45, 2.75) is 43.4 Å². The van der Waals surface area contributed by atoms with Crippen LogP contribution in [0.3, 0.4) is 0 Å². The Hall–Kier alpha value is -0.990. The molecule has 2 atom stereocenters. The highest BCUT2D eigenvalue weighted by Crippen LogP contribution is 2.57. The van der Waals surface area contributed by atoms with Gasteiger partial charge in [0, 0.05) is 12.8 Å². The van der Waals surface area contributed by atoms with Gasteiger partial charge in [-0.1, -0.05) is 24.3 Å². The Morgan fingerprint density at radius 3 is 2.61 bits per heavy atom. The van der Waals surface area contributed by atoms with Crippen LogP contribution in [0.5, 0.6) is 0 Å². The molecule has 3 saturated heterocycles. The lowest BCUT2D eigenvalue weighted by atomic mass is 9.70. The molecular formula is C16H20O6S. The molecule has 0 N–H and O–H groups in total. The Morgan fingerprint density at radius 2 is 2.00 bits per heavy atom. The topological polar surface area (TPSA) is 71.1 Å². The maximum absolute atomic E-state index is 11.1. The quantitative estimate of drug-likeness (QED) is 0.777. The zero-order valence-corrected chi connectivity index (χ0v) is 13.8. The monoisotopic (exact) mass is 340 g/mol. The normalized spacial score (nSPS) is 32.0. The van der Waals surface area contributed by atoms with Crippen molar-refractivity contribution in [3.05, 3.63) is 35.4 Å². The minimum absolute atomic E-state index is 0.0188. The summed E-state index contributed by atoms with van der Waals surface area (Å²) in [5.74, 6) is -0.543. The molecule has 1 saturated carbocycles. The third-order valence-electron chi connectivity index (χ3n) is 4.92. The molecule has 1 aromatic rings. The Bertz CT molecular complexity index is 696. The van der Waals surface area contributed by atoms with E-state index in [2.05, 4.69) is 0 Å². The van der Waals surface area contributed by atoms with Crippen molar-refractivity contribution in [1.82, 2.24) is 0 Å². The fourth-order valence-corrected chi connectivity index (χ4v) is 4.11. The number of hydrogen-bond acceptors (Lipinski definition) is 6. The first-order chi connectivity index (χ1) is 10.9. The van der Waals surface area contributed by atoms with Gasteiger partial charge in [0.25, 0.3) is 10.1 Å². The van der Waals surface area contributed by atoms with Gasteiger partial charge in [-0.2, -0.15) is 8.42 Å². The largest absolute Gasteiger partial charge is 0.361 e. The smallest absolute Gasteiger partial charge is 0.264 e. The van der Waals surface area contributed by atoms with E-state index >= 15 is 0 Å². The summed E-state index contributed by atoms with van der Waals surface area (Å²) in [6.45, 7) is 1.30. The summed E-state index contributed by atoms with van der Waals surface area (Å²) in [5, 5.41) is 0. The van der Waals surface area contributed by atoms with E-state index in [1.54, 1.807) is 0 Å². The van der Waals surface area contributed by atoms with Crippen LogP contribution in [0.25, 0.3) is 0 Å². The predicted molar refractivity (Wildman–Crippen MR) is 81.1 cm³/mol. The molecule has 2 unspecified atom stereocenters. The van der Waals surface area contributed by atoms with Crippen LogP contribution in [0.4, 0.5) is 0 Å². The molecule has 1 aliphatic carbocycles. The van der Waals surface area contributed by atoms with Crippen LogP contribution in [0.1, 0.15) is 30.4 Å².